The van der Waals surface area contributed by atoms with Gasteiger partial charge in [-0.25, -0.2) is 5.43 Å². The molecule has 132 valence electrons. The Hall–Kier alpha value is -1.92. The van der Waals surface area contributed by atoms with Crippen LogP contribution < -0.4 is 10.2 Å². The molecule has 6 nitrogen and oxygen atoms in total. The van der Waals surface area contributed by atoms with E-state index < -0.39 is 0 Å². The SMILES string of the molecule is CCC/C(=N/NC(=O)CN1CCOCC1)c1ccc(OCC)cc1. The maximum atomic E-state index is 12.1. The number of nitrogens with zero attached hydrogens (tertiary/aromatic N) is 2. The lowest BCUT2D eigenvalue weighted by Crippen LogP contribution is -2.42. The fourth-order valence-electron chi connectivity index (χ4n) is 2.54. The summed E-state index contributed by atoms with van der Waals surface area (Å²) in [6, 6.07) is 7.82. The standard InChI is InChI=1S/C18H27N3O3/c1-3-5-17(15-6-8-16(9-7-15)24-4-2)19-20-18(22)14-21-10-12-23-13-11-21/h6-9H,3-5,10-14H2,1-2H3,(H,20,22)/b19-17-. The van der Waals surface area contributed by atoms with Gasteiger partial charge < -0.3 is 9.47 Å². The number of carbonyl (C=O) groups is 1. The number of nitrogens with one attached hydrogen (secondary N) is 1. The Bertz CT molecular complexity index is 537. The molecule has 0 atom stereocenters. The van der Waals surface area contributed by atoms with Gasteiger partial charge in [0.05, 0.1) is 32.1 Å². The molecule has 1 aromatic rings. The van der Waals surface area contributed by atoms with E-state index in [1.165, 1.54) is 0 Å². The minimum atomic E-state index is -0.0866. The van der Waals surface area contributed by atoms with Crippen LogP contribution in [-0.2, 0) is 9.53 Å². The van der Waals surface area contributed by atoms with Crippen molar-refractivity contribution in [3.63, 3.8) is 0 Å². The molecule has 1 fully saturated rings. The van der Waals surface area contributed by atoms with Crippen LogP contribution in [0.1, 0.15) is 32.3 Å². The Morgan fingerprint density at radius 3 is 2.58 bits per heavy atom. The first-order chi connectivity index (χ1) is 11.7. The van der Waals surface area contributed by atoms with Gasteiger partial charge in [-0.1, -0.05) is 13.3 Å². The Morgan fingerprint density at radius 1 is 1.25 bits per heavy atom. The van der Waals surface area contributed by atoms with Gasteiger partial charge in [0.2, 0.25) is 0 Å². The minimum Gasteiger partial charge on any atom is -0.494 e. The maximum absolute atomic E-state index is 12.1. The van der Waals surface area contributed by atoms with Gasteiger partial charge in [0.1, 0.15) is 5.75 Å². The van der Waals surface area contributed by atoms with E-state index in [9.17, 15) is 4.79 Å². The largest absolute Gasteiger partial charge is 0.494 e. The zero-order chi connectivity index (χ0) is 17.2. The maximum Gasteiger partial charge on any atom is 0.254 e. The van der Waals surface area contributed by atoms with Gasteiger partial charge in [0.15, 0.2) is 0 Å². The van der Waals surface area contributed by atoms with Crippen LogP contribution in [0.25, 0.3) is 0 Å². The zero-order valence-electron chi connectivity index (χ0n) is 14.6. The third kappa shape index (κ3) is 5.94. The topological polar surface area (TPSA) is 63.2 Å². The van der Waals surface area contributed by atoms with E-state index in [0.29, 0.717) is 26.4 Å². The number of ether oxygens (including phenoxy) is 2. The highest BCUT2D eigenvalue weighted by molar-refractivity contribution is 6.01. The van der Waals surface area contributed by atoms with Crippen molar-refractivity contribution in [2.24, 2.45) is 5.10 Å². The summed E-state index contributed by atoms with van der Waals surface area (Å²) < 4.78 is 10.7. The molecule has 1 aliphatic rings. The Kier molecular flexibility index (Phi) is 7.71. The van der Waals surface area contributed by atoms with Crippen molar-refractivity contribution in [1.82, 2.24) is 10.3 Å². The number of hydrazone groups is 1. The van der Waals surface area contributed by atoms with E-state index in [1.54, 1.807) is 0 Å². The lowest BCUT2D eigenvalue weighted by Gasteiger charge is -2.25. The number of amides is 1. The number of morpholine rings is 1. The fourth-order valence-corrected chi connectivity index (χ4v) is 2.54. The van der Waals surface area contributed by atoms with Crippen molar-refractivity contribution >= 4 is 11.6 Å². The van der Waals surface area contributed by atoms with Gasteiger partial charge in [0, 0.05) is 13.1 Å². The molecule has 24 heavy (non-hydrogen) atoms. The van der Waals surface area contributed by atoms with E-state index >= 15 is 0 Å². The number of benzene rings is 1. The third-order valence-electron chi connectivity index (χ3n) is 3.77. The molecule has 1 heterocycles. The van der Waals surface area contributed by atoms with Crippen LogP contribution in [0.5, 0.6) is 5.75 Å². The average Bonchev–Trinajstić information content (AvgIpc) is 2.60. The normalized spacial score (nSPS) is 16.0. The number of carbonyl (C=O) groups excluding carboxylic acids is 1. The van der Waals surface area contributed by atoms with Crippen LogP contribution in [0.3, 0.4) is 0 Å². The fraction of sp³-hybridized carbons (Fsp3) is 0.556. The molecule has 0 bridgehead atoms. The smallest absolute Gasteiger partial charge is 0.254 e. The molecular formula is C18H27N3O3. The molecule has 1 saturated heterocycles. The Balaban J connectivity index is 1.95. The van der Waals surface area contributed by atoms with Crippen molar-refractivity contribution < 1.29 is 14.3 Å². The second kappa shape index (κ2) is 10.1. The molecule has 2 rings (SSSR count). The number of hydrogen-bond donors (Lipinski definition) is 1. The summed E-state index contributed by atoms with van der Waals surface area (Å²) in [5, 5.41) is 4.34. The Labute approximate surface area is 143 Å². The average molecular weight is 333 g/mol. The van der Waals surface area contributed by atoms with Crippen LogP contribution in [0.2, 0.25) is 0 Å². The van der Waals surface area contributed by atoms with Crippen LogP contribution >= 0.6 is 0 Å². The van der Waals surface area contributed by atoms with Crippen molar-refractivity contribution in [3.8, 4) is 5.75 Å². The zero-order valence-corrected chi connectivity index (χ0v) is 14.6. The van der Waals surface area contributed by atoms with Crippen LogP contribution in [-0.4, -0.2) is 56.0 Å². The molecule has 1 N–H and O–H groups in total. The van der Waals surface area contributed by atoms with E-state index in [-0.39, 0.29) is 5.91 Å². The van der Waals surface area contributed by atoms with Crippen LogP contribution in [0.4, 0.5) is 0 Å². The highest BCUT2D eigenvalue weighted by atomic mass is 16.5. The first-order valence-electron chi connectivity index (χ1n) is 8.61. The van der Waals surface area contributed by atoms with Crippen molar-refractivity contribution in [3.05, 3.63) is 29.8 Å². The first-order valence-corrected chi connectivity index (χ1v) is 8.61. The lowest BCUT2D eigenvalue weighted by atomic mass is 10.1. The third-order valence-corrected chi connectivity index (χ3v) is 3.77. The van der Waals surface area contributed by atoms with Gasteiger partial charge in [0.25, 0.3) is 5.91 Å². The van der Waals surface area contributed by atoms with Crippen LogP contribution in [0, 0.1) is 0 Å². The van der Waals surface area contributed by atoms with E-state index in [1.807, 2.05) is 31.2 Å². The predicted molar refractivity (Wildman–Crippen MR) is 94.5 cm³/mol. The number of rotatable bonds is 8. The van der Waals surface area contributed by atoms with Crippen molar-refractivity contribution in [2.75, 3.05) is 39.5 Å². The van der Waals surface area contributed by atoms with Crippen molar-refractivity contribution in [2.45, 2.75) is 26.7 Å². The number of hydrogen-bond acceptors (Lipinski definition) is 5. The van der Waals surface area contributed by atoms with E-state index in [0.717, 1.165) is 43.0 Å². The molecular weight excluding hydrogens is 306 g/mol. The van der Waals surface area contributed by atoms with E-state index in [2.05, 4.69) is 22.4 Å². The summed E-state index contributed by atoms with van der Waals surface area (Å²) in [6.07, 6.45) is 1.77. The molecule has 6 heteroatoms. The molecule has 0 aliphatic carbocycles. The molecule has 0 aromatic heterocycles. The van der Waals surface area contributed by atoms with Gasteiger partial charge >= 0.3 is 0 Å². The lowest BCUT2D eigenvalue weighted by molar-refractivity contribution is -0.123. The first kappa shape index (κ1) is 18.4. The predicted octanol–water partition coefficient (Wildman–Crippen LogP) is 2.04. The summed E-state index contributed by atoms with van der Waals surface area (Å²) in [6.45, 7) is 8.01. The molecule has 1 amide bonds. The minimum absolute atomic E-state index is 0.0866. The summed E-state index contributed by atoms with van der Waals surface area (Å²) in [5.41, 5.74) is 4.58. The molecule has 0 radical (unpaired) electrons. The molecule has 0 saturated carbocycles. The van der Waals surface area contributed by atoms with Gasteiger partial charge in [-0.05, 0) is 43.2 Å². The Morgan fingerprint density at radius 2 is 1.96 bits per heavy atom. The monoisotopic (exact) mass is 333 g/mol. The highest BCUT2D eigenvalue weighted by Crippen LogP contribution is 2.14. The van der Waals surface area contributed by atoms with Gasteiger partial charge in [-0.3, -0.25) is 9.69 Å². The summed E-state index contributed by atoms with van der Waals surface area (Å²) in [5.74, 6) is 0.755. The quantitative estimate of drug-likeness (QED) is 0.584. The van der Waals surface area contributed by atoms with Gasteiger partial charge in [-0.2, -0.15) is 5.10 Å². The van der Waals surface area contributed by atoms with Crippen molar-refractivity contribution in [1.29, 1.82) is 0 Å². The highest BCUT2D eigenvalue weighted by Gasteiger charge is 2.14. The second-order valence-electron chi connectivity index (χ2n) is 5.69. The second-order valence-corrected chi connectivity index (χ2v) is 5.69. The molecule has 0 spiro atoms. The van der Waals surface area contributed by atoms with Gasteiger partial charge in [-0.15, -0.1) is 0 Å². The molecule has 0 unspecified atom stereocenters. The van der Waals surface area contributed by atoms with E-state index in [4.69, 9.17) is 9.47 Å². The summed E-state index contributed by atoms with van der Waals surface area (Å²) >= 11 is 0. The molecule has 1 aromatic carbocycles. The summed E-state index contributed by atoms with van der Waals surface area (Å²) in [4.78, 5) is 14.1. The van der Waals surface area contributed by atoms with Crippen LogP contribution in [0.15, 0.2) is 29.4 Å². The molecule has 1 aliphatic heterocycles. The summed E-state index contributed by atoms with van der Waals surface area (Å²) in [7, 11) is 0.